The van der Waals surface area contributed by atoms with E-state index >= 15 is 0 Å². The molecule has 2 aromatic rings. The topological polar surface area (TPSA) is 9.23 Å². The second kappa shape index (κ2) is 12.1. The van der Waals surface area contributed by atoms with Crippen LogP contribution in [0.4, 0.5) is 8.78 Å². The van der Waals surface area contributed by atoms with Gasteiger partial charge in [-0.05, 0) is 66.3 Å². The van der Waals surface area contributed by atoms with E-state index in [1.165, 1.54) is 76.2 Å². The molecule has 1 aliphatic carbocycles. The third-order valence-corrected chi connectivity index (χ3v) is 6.61. The predicted octanol–water partition coefficient (Wildman–Crippen LogP) is 8.98. The van der Waals surface area contributed by atoms with E-state index < -0.39 is 6.61 Å². The fourth-order valence-corrected chi connectivity index (χ4v) is 4.77. The summed E-state index contributed by atoms with van der Waals surface area (Å²) in [5.41, 5.74) is 3.57. The van der Waals surface area contributed by atoms with Crippen LogP contribution in [-0.4, -0.2) is 6.61 Å². The van der Waals surface area contributed by atoms with Gasteiger partial charge in [0.15, 0.2) is 0 Å². The third-order valence-electron chi connectivity index (χ3n) is 6.61. The van der Waals surface area contributed by atoms with Crippen LogP contribution in [-0.2, 0) is 0 Å². The van der Waals surface area contributed by atoms with E-state index in [2.05, 4.69) is 35.9 Å². The molecule has 0 spiro atoms. The Kier molecular flexibility index (Phi) is 9.17. The van der Waals surface area contributed by atoms with E-state index in [0.717, 1.165) is 17.0 Å². The molecule has 164 valence electrons. The Morgan fingerprint density at radius 1 is 0.767 bits per heavy atom. The summed E-state index contributed by atoms with van der Waals surface area (Å²) >= 11 is 0. The van der Waals surface area contributed by atoms with Gasteiger partial charge in [-0.15, -0.1) is 0 Å². The maximum absolute atomic E-state index is 12.3. The first kappa shape index (κ1) is 22.8. The molecule has 3 rings (SSSR count). The summed E-state index contributed by atoms with van der Waals surface area (Å²) in [4.78, 5) is 0. The van der Waals surface area contributed by atoms with Crippen molar-refractivity contribution in [3.63, 3.8) is 0 Å². The highest BCUT2D eigenvalue weighted by molar-refractivity contribution is 5.64. The molecular weight excluding hydrogens is 378 g/mol. The highest BCUT2D eigenvalue weighted by atomic mass is 19.3. The SMILES string of the molecule is CCCCCCCC[C@H]1CC[C@H](c2ccc(-c3ccc(OC(F)F)cc3)cc2)CC1. The molecular formula is C27H36F2O. The van der Waals surface area contributed by atoms with Crippen LogP contribution >= 0.6 is 0 Å². The molecule has 0 radical (unpaired) electrons. The second-order valence-corrected chi connectivity index (χ2v) is 8.80. The summed E-state index contributed by atoms with van der Waals surface area (Å²) in [5, 5.41) is 0. The van der Waals surface area contributed by atoms with Crippen LogP contribution < -0.4 is 4.74 Å². The molecule has 2 aromatic carbocycles. The molecule has 0 bridgehead atoms. The summed E-state index contributed by atoms with van der Waals surface area (Å²) < 4.78 is 29.0. The Bertz CT molecular complexity index is 716. The largest absolute Gasteiger partial charge is 0.435 e. The number of unbranched alkanes of at least 4 members (excludes halogenated alkanes) is 5. The quantitative estimate of drug-likeness (QED) is 0.333. The van der Waals surface area contributed by atoms with E-state index in [1.807, 2.05) is 12.1 Å². The lowest BCUT2D eigenvalue weighted by Crippen LogP contribution is -2.13. The fourth-order valence-electron chi connectivity index (χ4n) is 4.77. The zero-order valence-electron chi connectivity index (χ0n) is 18.3. The van der Waals surface area contributed by atoms with Gasteiger partial charge in [0.1, 0.15) is 5.75 Å². The summed E-state index contributed by atoms with van der Waals surface area (Å²) in [5.74, 6) is 1.81. The maximum atomic E-state index is 12.3. The Balaban J connectivity index is 1.43. The Morgan fingerprint density at radius 2 is 1.33 bits per heavy atom. The smallest absolute Gasteiger partial charge is 0.387 e. The zero-order valence-corrected chi connectivity index (χ0v) is 18.3. The van der Waals surface area contributed by atoms with Crippen LogP contribution in [0, 0.1) is 5.92 Å². The van der Waals surface area contributed by atoms with Gasteiger partial charge < -0.3 is 4.74 Å². The van der Waals surface area contributed by atoms with Crippen molar-refractivity contribution in [3.05, 3.63) is 54.1 Å². The predicted molar refractivity (Wildman–Crippen MR) is 121 cm³/mol. The van der Waals surface area contributed by atoms with Crippen molar-refractivity contribution >= 4 is 0 Å². The molecule has 0 aliphatic heterocycles. The standard InChI is InChI=1S/C27H36F2O/c1-2-3-4-5-6-7-8-21-9-11-22(12-10-21)23-13-15-24(16-14-23)25-17-19-26(20-18-25)30-27(28)29/h13-22,27H,2-12H2,1H3/t21-,22-. The fraction of sp³-hybridized carbons (Fsp3) is 0.556. The van der Waals surface area contributed by atoms with Crippen molar-refractivity contribution in [2.24, 2.45) is 5.92 Å². The molecule has 0 amide bonds. The minimum atomic E-state index is -2.78. The molecule has 3 heteroatoms. The summed E-state index contributed by atoms with van der Waals surface area (Å²) in [6.07, 6.45) is 15.1. The third kappa shape index (κ3) is 7.11. The summed E-state index contributed by atoms with van der Waals surface area (Å²) in [6, 6.07) is 15.7. The average Bonchev–Trinajstić information content (AvgIpc) is 2.77. The highest BCUT2D eigenvalue weighted by Gasteiger charge is 2.22. The monoisotopic (exact) mass is 414 g/mol. The molecule has 30 heavy (non-hydrogen) atoms. The molecule has 1 aliphatic rings. The van der Waals surface area contributed by atoms with E-state index in [0.29, 0.717) is 5.92 Å². The van der Waals surface area contributed by atoms with Gasteiger partial charge in [-0.3, -0.25) is 0 Å². The van der Waals surface area contributed by atoms with Crippen LogP contribution in [0.25, 0.3) is 11.1 Å². The van der Waals surface area contributed by atoms with Gasteiger partial charge in [0, 0.05) is 0 Å². The molecule has 0 atom stereocenters. The molecule has 0 unspecified atom stereocenters. The number of benzene rings is 2. The molecule has 1 saturated carbocycles. The van der Waals surface area contributed by atoms with Gasteiger partial charge in [-0.2, -0.15) is 8.78 Å². The van der Waals surface area contributed by atoms with Gasteiger partial charge >= 0.3 is 6.61 Å². The first-order valence-electron chi connectivity index (χ1n) is 11.8. The number of hydrogen-bond donors (Lipinski definition) is 0. The van der Waals surface area contributed by atoms with E-state index in [1.54, 1.807) is 12.1 Å². The molecule has 1 nitrogen and oxygen atoms in total. The molecule has 0 heterocycles. The van der Waals surface area contributed by atoms with Crippen LogP contribution in [0.3, 0.4) is 0 Å². The zero-order chi connectivity index (χ0) is 21.2. The average molecular weight is 415 g/mol. The van der Waals surface area contributed by atoms with Crippen molar-refractivity contribution in [2.45, 2.75) is 90.1 Å². The Labute approximate surface area is 180 Å². The van der Waals surface area contributed by atoms with Crippen LogP contribution in [0.5, 0.6) is 5.75 Å². The molecule has 0 aromatic heterocycles. The second-order valence-electron chi connectivity index (χ2n) is 8.80. The number of ether oxygens (including phenoxy) is 1. The van der Waals surface area contributed by atoms with Crippen molar-refractivity contribution in [3.8, 4) is 16.9 Å². The first-order chi connectivity index (χ1) is 14.7. The minimum Gasteiger partial charge on any atom is -0.435 e. The van der Waals surface area contributed by atoms with Crippen LogP contribution in [0.1, 0.15) is 89.0 Å². The Morgan fingerprint density at radius 3 is 1.93 bits per heavy atom. The van der Waals surface area contributed by atoms with Crippen molar-refractivity contribution in [1.82, 2.24) is 0 Å². The van der Waals surface area contributed by atoms with Gasteiger partial charge in [-0.25, -0.2) is 0 Å². The summed E-state index contributed by atoms with van der Waals surface area (Å²) in [6.45, 7) is -0.506. The lowest BCUT2D eigenvalue weighted by Gasteiger charge is -2.29. The summed E-state index contributed by atoms with van der Waals surface area (Å²) in [7, 11) is 0. The van der Waals surface area contributed by atoms with E-state index in [4.69, 9.17) is 0 Å². The highest BCUT2D eigenvalue weighted by Crippen LogP contribution is 2.38. The normalized spacial score (nSPS) is 19.2. The van der Waals surface area contributed by atoms with E-state index in [-0.39, 0.29) is 5.75 Å². The lowest BCUT2D eigenvalue weighted by molar-refractivity contribution is -0.0498. The van der Waals surface area contributed by atoms with E-state index in [9.17, 15) is 8.78 Å². The molecule has 1 fully saturated rings. The van der Waals surface area contributed by atoms with Gasteiger partial charge in [0.05, 0.1) is 0 Å². The van der Waals surface area contributed by atoms with Crippen LogP contribution in [0.2, 0.25) is 0 Å². The van der Waals surface area contributed by atoms with Gasteiger partial charge in [0.25, 0.3) is 0 Å². The first-order valence-corrected chi connectivity index (χ1v) is 11.8. The Hall–Kier alpha value is -1.90. The van der Waals surface area contributed by atoms with Crippen molar-refractivity contribution in [2.75, 3.05) is 0 Å². The number of rotatable bonds is 11. The molecule has 0 N–H and O–H groups in total. The van der Waals surface area contributed by atoms with Crippen molar-refractivity contribution < 1.29 is 13.5 Å². The van der Waals surface area contributed by atoms with Crippen LogP contribution in [0.15, 0.2) is 48.5 Å². The maximum Gasteiger partial charge on any atom is 0.387 e. The van der Waals surface area contributed by atoms with Crippen molar-refractivity contribution in [1.29, 1.82) is 0 Å². The molecule has 0 saturated heterocycles. The number of alkyl halides is 2. The van der Waals surface area contributed by atoms with Gasteiger partial charge in [0.2, 0.25) is 0 Å². The lowest BCUT2D eigenvalue weighted by atomic mass is 9.77. The van der Waals surface area contributed by atoms with Gasteiger partial charge in [-0.1, -0.05) is 88.3 Å². The number of hydrogen-bond acceptors (Lipinski definition) is 1. The minimum absolute atomic E-state index is 0.197. The number of halogens is 2.